The molecule has 5 rings (SSSR count). The lowest BCUT2D eigenvalue weighted by molar-refractivity contribution is -0.180. The van der Waals surface area contributed by atoms with Gasteiger partial charge in [0.2, 0.25) is 6.10 Å². The van der Waals surface area contributed by atoms with Crippen molar-refractivity contribution in [1.29, 1.82) is 0 Å². The lowest BCUT2D eigenvalue weighted by atomic mass is 9.50. The zero-order valence-electron chi connectivity index (χ0n) is 22.4. The van der Waals surface area contributed by atoms with Gasteiger partial charge in [-0.2, -0.15) is 0 Å². The fraction of sp³-hybridized carbons (Fsp3) is 0.571. The minimum absolute atomic E-state index is 0.177. The Labute approximate surface area is 225 Å². The van der Waals surface area contributed by atoms with Gasteiger partial charge in [-0.3, -0.25) is 9.59 Å². The molecule has 210 valence electrons. The molecule has 1 saturated heterocycles. The first kappa shape index (κ1) is 27.3. The van der Waals surface area contributed by atoms with E-state index in [1.165, 1.54) is 13.8 Å². The van der Waals surface area contributed by atoms with E-state index in [4.69, 9.17) is 18.9 Å². The van der Waals surface area contributed by atoms with Crippen LogP contribution in [0.1, 0.15) is 56.7 Å². The third kappa shape index (κ3) is 4.14. The van der Waals surface area contributed by atoms with Crippen LogP contribution in [0.2, 0.25) is 0 Å². The maximum atomic E-state index is 13.1. The van der Waals surface area contributed by atoms with Crippen LogP contribution in [0.25, 0.3) is 0 Å². The van der Waals surface area contributed by atoms with E-state index in [-0.39, 0.29) is 31.2 Å². The quantitative estimate of drug-likeness (QED) is 0.355. The van der Waals surface area contributed by atoms with Gasteiger partial charge in [-0.25, -0.2) is 9.59 Å². The Kier molecular flexibility index (Phi) is 6.80. The predicted octanol–water partition coefficient (Wildman–Crippen LogP) is 0.842. The summed E-state index contributed by atoms with van der Waals surface area (Å²) in [6, 6.07) is 3.61. The Bertz CT molecular complexity index is 1260. The Morgan fingerprint density at radius 2 is 1.92 bits per heavy atom. The molecule has 11 heteroatoms. The maximum Gasteiger partial charge on any atom is 0.352 e. The number of Topliss-reactive ketones (excluding diaryl/α,β-unsaturated/α-hetero) is 1. The number of benzene rings is 1. The zero-order chi connectivity index (χ0) is 28.3. The molecule has 2 aliphatic carbocycles. The van der Waals surface area contributed by atoms with Crippen LogP contribution < -0.4 is 4.74 Å². The average Bonchev–Trinajstić information content (AvgIpc) is 3.22. The Morgan fingerprint density at radius 3 is 2.59 bits per heavy atom. The minimum Gasteiger partial charge on any atom is -0.481 e. The first-order chi connectivity index (χ1) is 18.4. The van der Waals surface area contributed by atoms with Crippen molar-refractivity contribution in [3.05, 3.63) is 40.7 Å². The molecule has 2 heterocycles. The molecule has 1 aromatic carbocycles. The number of aliphatic hydroxyl groups is 2. The topological polar surface area (TPSA) is 149 Å². The first-order valence-electron chi connectivity index (χ1n) is 13.1. The number of likely N-dealkylation sites (N-methyl/N-ethyl adjacent to an activating group) is 1. The third-order valence-electron chi connectivity index (χ3n) is 8.51. The molecule has 0 saturated carbocycles. The van der Waals surface area contributed by atoms with Gasteiger partial charge < -0.3 is 34.1 Å². The molecule has 6 atom stereocenters. The number of hydrogen-bond donors (Lipinski definition) is 2. The molecule has 2 N–H and O–H groups in total. The highest BCUT2D eigenvalue weighted by Gasteiger charge is 2.71. The molecule has 1 spiro atoms. The molecule has 0 amide bonds. The second-order valence-electron chi connectivity index (χ2n) is 10.9. The van der Waals surface area contributed by atoms with Crippen molar-refractivity contribution in [3.8, 4) is 5.75 Å². The summed E-state index contributed by atoms with van der Waals surface area (Å²) in [7, 11) is 1.98. The number of ketones is 1. The summed E-state index contributed by atoms with van der Waals surface area (Å²) < 4.78 is 22.2. The SMILES string of the molecule is CC(=O)C[C@H](OC(C)=O)C(=O)O[C@@H](C)C(=O)OC1=CC[C@@]2(O)[C@H]3Cc4ccc(CO)c5c4[C@@]2(CCN3C)[C@H]1O5. The lowest BCUT2D eigenvalue weighted by Gasteiger charge is -2.61. The van der Waals surface area contributed by atoms with Crippen LogP contribution in [0.4, 0.5) is 0 Å². The largest absolute Gasteiger partial charge is 0.481 e. The van der Waals surface area contributed by atoms with Crippen LogP contribution in [0, 0.1) is 0 Å². The molecule has 0 unspecified atom stereocenters. The fourth-order valence-electron chi connectivity index (χ4n) is 6.76. The Hall–Kier alpha value is -3.28. The molecule has 1 aromatic rings. The van der Waals surface area contributed by atoms with Crippen molar-refractivity contribution in [3.63, 3.8) is 0 Å². The second kappa shape index (κ2) is 9.72. The summed E-state index contributed by atoms with van der Waals surface area (Å²) in [4.78, 5) is 50.7. The minimum atomic E-state index is -1.47. The van der Waals surface area contributed by atoms with Gasteiger partial charge in [0.1, 0.15) is 17.3 Å². The smallest absolute Gasteiger partial charge is 0.352 e. The number of nitrogens with zero attached hydrogens (tertiary/aromatic N) is 1. The normalized spacial score (nSPS) is 29.7. The van der Waals surface area contributed by atoms with E-state index in [1.54, 1.807) is 6.08 Å². The number of esters is 3. The number of carbonyl (C=O) groups excluding carboxylic acids is 4. The van der Waals surface area contributed by atoms with E-state index < -0.39 is 53.0 Å². The predicted molar refractivity (Wildman–Crippen MR) is 133 cm³/mol. The zero-order valence-corrected chi connectivity index (χ0v) is 22.4. The van der Waals surface area contributed by atoms with Gasteiger partial charge >= 0.3 is 17.9 Å². The molecular weight excluding hydrogens is 510 g/mol. The highest BCUT2D eigenvalue weighted by Crippen LogP contribution is 2.64. The number of carbonyl (C=O) groups is 4. The molecule has 0 aromatic heterocycles. The summed E-state index contributed by atoms with van der Waals surface area (Å²) in [6.45, 7) is 4.10. The van der Waals surface area contributed by atoms with Crippen LogP contribution in [0.15, 0.2) is 24.0 Å². The number of aliphatic hydroxyl groups excluding tert-OH is 1. The first-order valence-corrected chi connectivity index (χ1v) is 13.1. The molecule has 39 heavy (non-hydrogen) atoms. The van der Waals surface area contributed by atoms with E-state index in [1.807, 2.05) is 19.2 Å². The lowest BCUT2D eigenvalue weighted by Crippen LogP contribution is -2.74. The second-order valence-corrected chi connectivity index (χ2v) is 10.9. The summed E-state index contributed by atoms with van der Waals surface area (Å²) in [5.41, 5.74) is 0.412. The Balaban J connectivity index is 1.41. The summed E-state index contributed by atoms with van der Waals surface area (Å²) in [6.07, 6.45) is -1.03. The van der Waals surface area contributed by atoms with E-state index in [0.717, 1.165) is 18.1 Å². The van der Waals surface area contributed by atoms with Crippen LogP contribution >= 0.6 is 0 Å². The van der Waals surface area contributed by atoms with Crippen LogP contribution in [0.3, 0.4) is 0 Å². The molecular formula is C28H33NO10. The maximum absolute atomic E-state index is 13.1. The van der Waals surface area contributed by atoms with Crippen molar-refractivity contribution < 1.29 is 48.3 Å². The number of rotatable bonds is 8. The average molecular weight is 544 g/mol. The van der Waals surface area contributed by atoms with Crippen molar-refractivity contribution in [1.82, 2.24) is 4.90 Å². The number of hydrogen-bond acceptors (Lipinski definition) is 11. The summed E-state index contributed by atoms with van der Waals surface area (Å²) in [5, 5.41) is 22.2. The molecule has 11 nitrogen and oxygen atoms in total. The van der Waals surface area contributed by atoms with Gasteiger partial charge in [0.15, 0.2) is 12.2 Å². The third-order valence-corrected chi connectivity index (χ3v) is 8.51. The summed E-state index contributed by atoms with van der Waals surface area (Å²) in [5.74, 6) is -2.37. The van der Waals surface area contributed by atoms with Crippen LogP contribution in [0.5, 0.6) is 5.75 Å². The van der Waals surface area contributed by atoms with E-state index in [9.17, 15) is 29.4 Å². The standard InChI is InChI=1S/C28H33NO10/c1-14(31)11-20(37-16(3)32)26(34)36-15(2)25(33)38-19-7-8-28(35)21-12-17-5-6-18(13-30)23-22(17)27(28,24(19)39-23)9-10-29(21)4/h5-7,15,20-21,24,30,35H,8-13H2,1-4H3/t15-,20-,21+,24-,27-,28+/m0/s1. The van der Waals surface area contributed by atoms with Crippen molar-refractivity contribution in [2.75, 3.05) is 13.6 Å². The highest BCUT2D eigenvalue weighted by molar-refractivity contribution is 5.88. The van der Waals surface area contributed by atoms with E-state index >= 15 is 0 Å². The van der Waals surface area contributed by atoms with Crippen LogP contribution in [-0.4, -0.2) is 82.4 Å². The summed E-state index contributed by atoms with van der Waals surface area (Å²) >= 11 is 0. The molecule has 1 fully saturated rings. The Morgan fingerprint density at radius 1 is 1.18 bits per heavy atom. The molecule has 4 aliphatic rings. The molecule has 2 aliphatic heterocycles. The van der Waals surface area contributed by atoms with Gasteiger partial charge in [0.05, 0.1) is 24.0 Å². The van der Waals surface area contributed by atoms with Crippen molar-refractivity contribution in [2.24, 2.45) is 0 Å². The monoisotopic (exact) mass is 543 g/mol. The van der Waals surface area contributed by atoms with Gasteiger partial charge in [0, 0.05) is 30.5 Å². The molecule has 2 bridgehead atoms. The van der Waals surface area contributed by atoms with Gasteiger partial charge in [-0.1, -0.05) is 12.1 Å². The van der Waals surface area contributed by atoms with E-state index in [2.05, 4.69) is 4.90 Å². The number of piperidine rings is 1. The number of likely N-dealkylation sites (tertiary alicyclic amines) is 1. The van der Waals surface area contributed by atoms with Crippen LogP contribution in [-0.2, 0) is 51.8 Å². The van der Waals surface area contributed by atoms with E-state index in [0.29, 0.717) is 30.7 Å². The molecule has 0 radical (unpaired) electrons. The van der Waals surface area contributed by atoms with Crippen molar-refractivity contribution in [2.45, 2.75) is 88.4 Å². The highest BCUT2D eigenvalue weighted by atomic mass is 16.6. The fourth-order valence-corrected chi connectivity index (χ4v) is 6.76. The van der Waals surface area contributed by atoms with Gasteiger partial charge in [-0.05, 0) is 51.9 Å². The van der Waals surface area contributed by atoms with Crippen molar-refractivity contribution >= 4 is 23.7 Å². The van der Waals surface area contributed by atoms with Gasteiger partial charge in [-0.15, -0.1) is 0 Å². The number of ether oxygens (including phenoxy) is 4. The van der Waals surface area contributed by atoms with Gasteiger partial charge in [0.25, 0.3) is 0 Å².